The summed E-state index contributed by atoms with van der Waals surface area (Å²) in [7, 11) is 1.83. The van der Waals surface area contributed by atoms with Gasteiger partial charge in [0.2, 0.25) is 0 Å². The highest BCUT2D eigenvalue weighted by molar-refractivity contribution is 5.88. The maximum atomic E-state index is 13.2. The molecule has 5 rings (SSSR count). The van der Waals surface area contributed by atoms with Crippen molar-refractivity contribution in [1.82, 2.24) is 14.9 Å². The van der Waals surface area contributed by atoms with Gasteiger partial charge in [-0.1, -0.05) is 6.92 Å². The number of benzene rings is 1. The third kappa shape index (κ3) is 2.55. The highest BCUT2D eigenvalue weighted by atomic mass is 16.5. The Hall–Kier alpha value is -2.74. The Morgan fingerprint density at radius 3 is 2.93 bits per heavy atom. The van der Waals surface area contributed by atoms with Gasteiger partial charge in [-0.2, -0.15) is 0 Å². The van der Waals surface area contributed by atoms with Crippen molar-refractivity contribution >= 4 is 10.9 Å². The van der Waals surface area contributed by atoms with Crippen molar-refractivity contribution in [2.24, 2.45) is 0 Å². The first-order valence-corrected chi connectivity index (χ1v) is 9.83. The number of hydrogen-bond acceptors (Lipinski definition) is 6. The van der Waals surface area contributed by atoms with Crippen LogP contribution in [0.5, 0.6) is 5.75 Å². The van der Waals surface area contributed by atoms with Crippen LogP contribution < -0.4 is 10.9 Å². The van der Waals surface area contributed by atoms with E-state index in [0.29, 0.717) is 30.6 Å². The standard InChI is InChI=1S/C22H23N3O4/c1-3-22(28)11-29-10-15-16(22)7-18-20-12(9-25(18)21(15)27)6-13-14(8-23-2)19(26)5-4-17(13)24-20/h4-7,23,26,28H,3,8-11H2,1-2H3/t22-/m1/s1. The molecule has 3 aromatic rings. The minimum Gasteiger partial charge on any atom is -0.508 e. The highest BCUT2D eigenvalue weighted by Crippen LogP contribution is 2.39. The van der Waals surface area contributed by atoms with E-state index in [4.69, 9.17) is 9.72 Å². The van der Waals surface area contributed by atoms with Crippen LogP contribution in [0, 0.1) is 0 Å². The lowest BCUT2D eigenvalue weighted by Crippen LogP contribution is -2.40. The second kappa shape index (κ2) is 6.38. The molecule has 150 valence electrons. The highest BCUT2D eigenvalue weighted by Gasteiger charge is 2.37. The van der Waals surface area contributed by atoms with E-state index in [9.17, 15) is 15.0 Å². The molecule has 0 saturated carbocycles. The second-order valence-corrected chi connectivity index (χ2v) is 7.85. The molecule has 2 aliphatic rings. The molecule has 3 N–H and O–H groups in total. The first kappa shape index (κ1) is 18.3. The number of hydrogen-bond donors (Lipinski definition) is 3. The Kier molecular flexibility index (Phi) is 4.03. The van der Waals surface area contributed by atoms with Crippen LogP contribution in [0.15, 0.2) is 29.1 Å². The molecule has 0 radical (unpaired) electrons. The molecule has 0 aliphatic carbocycles. The van der Waals surface area contributed by atoms with Crippen molar-refractivity contribution in [2.75, 3.05) is 13.7 Å². The predicted octanol–water partition coefficient (Wildman–Crippen LogP) is 1.98. The number of pyridine rings is 2. The van der Waals surface area contributed by atoms with E-state index >= 15 is 0 Å². The van der Waals surface area contributed by atoms with Crippen LogP contribution in [0.2, 0.25) is 0 Å². The normalized spacial score (nSPS) is 19.8. The molecular weight excluding hydrogens is 370 g/mol. The number of aliphatic hydroxyl groups is 1. The molecule has 0 fully saturated rings. The van der Waals surface area contributed by atoms with Crippen molar-refractivity contribution in [1.29, 1.82) is 0 Å². The van der Waals surface area contributed by atoms with Crippen molar-refractivity contribution in [3.63, 3.8) is 0 Å². The Labute approximate surface area is 167 Å². The number of rotatable bonds is 3. The van der Waals surface area contributed by atoms with E-state index in [0.717, 1.165) is 33.4 Å². The van der Waals surface area contributed by atoms with Gasteiger partial charge in [0.15, 0.2) is 0 Å². The molecular formula is C22H23N3O4. The lowest BCUT2D eigenvalue weighted by molar-refractivity contribution is -0.0757. The van der Waals surface area contributed by atoms with Crippen LogP contribution in [-0.2, 0) is 30.0 Å². The molecule has 7 nitrogen and oxygen atoms in total. The molecule has 0 unspecified atom stereocenters. The smallest absolute Gasteiger partial charge is 0.257 e. The summed E-state index contributed by atoms with van der Waals surface area (Å²) in [6, 6.07) is 7.36. The van der Waals surface area contributed by atoms with Gasteiger partial charge >= 0.3 is 0 Å². The number of aromatic hydroxyl groups is 1. The van der Waals surface area contributed by atoms with E-state index in [1.807, 2.05) is 26.1 Å². The lowest BCUT2D eigenvalue weighted by atomic mass is 9.86. The molecule has 1 atom stereocenters. The first-order valence-electron chi connectivity index (χ1n) is 9.83. The van der Waals surface area contributed by atoms with Gasteiger partial charge in [0, 0.05) is 28.6 Å². The van der Waals surface area contributed by atoms with E-state index in [1.54, 1.807) is 16.7 Å². The average molecular weight is 393 g/mol. The van der Waals surface area contributed by atoms with Crippen molar-refractivity contribution in [3.05, 3.63) is 56.9 Å². The van der Waals surface area contributed by atoms with Gasteiger partial charge in [-0.05, 0) is 43.3 Å². The SMILES string of the molecule is CC[C@@]1(O)COCc2c1cc1n(c2=O)Cc2cc3c(CNC)c(O)ccc3nc2-1. The Balaban J connectivity index is 1.75. The van der Waals surface area contributed by atoms with E-state index in [-0.39, 0.29) is 24.5 Å². The maximum absolute atomic E-state index is 13.2. The largest absolute Gasteiger partial charge is 0.508 e. The van der Waals surface area contributed by atoms with Crippen LogP contribution in [0.25, 0.3) is 22.3 Å². The summed E-state index contributed by atoms with van der Waals surface area (Å²) < 4.78 is 7.23. The predicted molar refractivity (Wildman–Crippen MR) is 109 cm³/mol. The van der Waals surface area contributed by atoms with Gasteiger partial charge < -0.3 is 24.8 Å². The van der Waals surface area contributed by atoms with Gasteiger partial charge in [0.05, 0.1) is 36.7 Å². The molecule has 0 saturated heterocycles. The zero-order chi connectivity index (χ0) is 20.3. The van der Waals surface area contributed by atoms with Gasteiger partial charge in [-0.25, -0.2) is 4.98 Å². The zero-order valence-corrected chi connectivity index (χ0v) is 16.5. The van der Waals surface area contributed by atoms with Gasteiger partial charge in [-0.15, -0.1) is 0 Å². The molecule has 4 heterocycles. The summed E-state index contributed by atoms with van der Waals surface area (Å²) in [5.74, 6) is 0.224. The number of ether oxygens (including phenoxy) is 1. The topological polar surface area (TPSA) is 96.6 Å². The number of fused-ring (bicyclic) bond motifs is 5. The number of phenols is 1. The molecule has 0 spiro atoms. The third-order valence-corrected chi connectivity index (χ3v) is 6.16. The third-order valence-electron chi connectivity index (χ3n) is 6.16. The number of nitrogens with one attached hydrogen (secondary N) is 1. The minimum atomic E-state index is -1.16. The summed E-state index contributed by atoms with van der Waals surface area (Å²) in [5, 5.41) is 25.2. The molecule has 0 bridgehead atoms. The fraction of sp³-hybridized carbons (Fsp3) is 0.364. The fourth-order valence-electron chi connectivity index (χ4n) is 4.50. The Morgan fingerprint density at radius 1 is 1.34 bits per heavy atom. The Morgan fingerprint density at radius 2 is 2.17 bits per heavy atom. The molecule has 7 heteroatoms. The summed E-state index contributed by atoms with van der Waals surface area (Å²) in [5.41, 5.74) is 3.84. The number of aromatic nitrogens is 2. The van der Waals surface area contributed by atoms with Gasteiger partial charge in [0.1, 0.15) is 11.4 Å². The second-order valence-electron chi connectivity index (χ2n) is 7.85. The monoisotopic (exact) mass is 393 g/mol. The molecule has 1 aromatic carbocycles. The van der Waals surface area contributed by atoms with Crippen LogP contribution in [0.4, 0.5) is 0 Å². The summed E-state index contributed by atoms with van der Waals surface area (Å²) in [6.07, 6.45) is 0.466. The Bertz CT molecular complexity index is 1220. The van der Waals surface area contributed by atoms with Crippen molar-refractivity contribution < 1.29 is 14.9 Å². The van der Waals surface area contributed by atoms with E-state index in [1.165, 1.54) is 0 Å². The van der Waals surface area contributed by atoms with Crippen LogP contribution in [-0.4, -0.2) is 33.4 Å². The summed E-state index contributed by atoms with van der Waals surface area (Å²) >= 11 is 0. The molecule has 0 amide bonds. The summed E-state index contributed by atoms with van der Waals surface area (Å²) in [6.45, 7) is 3.22. The van der Waals surface area contributed by atoms with Crippen molar-refractivity contribution in [2.45, 2.75) is 38.6 Å². The maximum Gasteiger partial charge on any atom is 0.257 e. The molecule has 29 heavy (non-hydrogen) atoms. The van der Waals surface area contributed by atoms with Crippen LogP contribution in [0.1, 0.15) is 35.6 Å². The lowest BCUT2D eigenvalue weighted by Gasteiger charge is -2.33. The zero-order valence-electron chi connectivity index (χ0n) is 16.5. The van der Waals surface area contributed by atoms with Gasteiger partial charge in [0.25, 0.3) is 5.56 Å². The first-order chi connectivity index (χ1) is 14.0. The quantitative estimate of drug-likeness (QED) is 0.493. The fourth-order valence-corrected chi connectivity index (χ4v) is 4.50. The van der Waals surface area contributed by atoms with Crippen LogP contribution >= 0.6 is 0 Å². The van der Waals surface area contributed by atoms with Crippen LogP contribution in [0.3, 0.4) is 0 Å². The summed E-state index contributed by atoms with van der Waals surface area (Å²) in [4.78, 5) is 18.0. The van der Waals surface area contributed by atoms with E-state index < -0.39 is 5.60 Å². The number of nitrogens with zero attached hydrogens (tertiary/aromatic N) is 2. The van der Waals surface area contributed by atoms with Crippen molar-refractivity contribution in [3.8, 4) is 17.1 Å². The molecule has 2 aliphatic heterocycles. The average Bonchev–Trinajstić information content (AvgIpc) is 3.08. The minimum absolute atomic E-state index is 0.135. The number of phenolic OH excluding ortho intramolecular Hbond substituents is 1. The van der Waals surface area contributed by atoms with E-state index in [2.05, 4.69) is 5.32 Å². The molecule has 2 aromatic heterocycles. The van der Waals surface area contributed by atoms with Gasteiger partial charge in [-0.3, -0.25) is 4.79 Å².